The molecule has 2 heterocycles. The molecule has 1 unspecified atom stereocenters. The molecule has 4 heteroatoms. The van der Waals surface area contributed by atoms with Crippen LogP contribution >= 0.6 is 0 Å². The average molecular weight is 528 g/mol. The van der Waals surface area contributed by atoms with Crippen molar-refractivity contribution in [1.29, 1.82) is 0 Å². The summed E-state index contributed by atoms with van der Waals surface area (Å²) in [6.07, 6.45) is -0.276. The zero-order chi connectivity index (χ0) is 27.2. The molecule has 1 N–H and O–H groups in total. The molecule has 0 radical (unpaired) electrons. The molecule has 6 aromatic carbocycles. The molecule has 0 bridgehead atoms. The number of hydrogen-bond acceptors (Lipinski definition) is 4. The fourth-order valence-corrected chi connectivity index (χ4v) is 5.72. The van der Waals surface area contributed by atoms with Gasteiger partial charge >= 0.3 is 0 Å². The SMILES string of the molecule is c1ccc(C2=NC(c3ccccc3)NC(c3ccc(-c4ccccc4)c4oc5cc6ccccc6cc5c34)=N2)cc1. The number of furan rings is 1. The van der Waals surface area contributed by atoms with Crippen LogP contribution in [0.25, 0.3) is 43.8 Å². The number of fused-ring (bicyclic) bond motifs is 4. The Morgan fingerprint density at radius 1 is 0.585 bits per heavy atom. The summed E-state index contributed by atoms with van der Waals surface area (Å²) in [5, 5.41) is 8.08. The van der Waals surface area contributed by atoms with E-state index in [4.69, 9.17) is 14.4 Å². The van der Waals surface area contributed by atoms with Crippen LogP contribution in [0.4, 0.5) is 0 Å². The third-order valence-electron chi connectivity index (χ3n) is 7.72. The van der Waals surface area contributed by atoms with Crippen molar-refractivity contribution in [3.63, 3.8) is 0 Å². The summed E-state index contributed by atoms with van der Waals surface area (Å²) in [4.78, 5) is 10.1. The van der Waals surface area contributed by atoms with Crippen molar-refractivity contribution in [3.05, 3.63) is 156 Å². The first-order valence-electron chi connectivity index (χ1n) is 13.8. The summed E-state index contributed by atoms with van der Waals surface area (Å²) in [6.45, 7) is 0. The summed E-state index contributed by atoms with van der Waals surface area (Å²) in [6, 6.07) is 48.0. The lowest BCUT2D eigenvalue weighted by molar-refractivity contribution is 0.669. The largest absolute Gasteiger partial charge is 0.455 e. The fourth-order valence-electron chi connectivity index (χ4n) is 5.72. The van der Waals surface area contributed by atoms with Crippen LogP contribution in [-0.2, 0) is 0 Å². The van der Waals surface area contributed by atoms with Crippen molar-refractivity contribution in [2.24, 2.45) is 9.98 Å². The molecule has 1 aliphatic rings. The van der Waals surface area contributed by atoms with Gasteiger partial charge in [0, 0.05) is 27.5 Å². The fraction of sp³-hybridized carbons (Fsp3) is 0.0270. The van der Waals surface area contributed by atoms with E-state index in [1.54, 1.807) is 0 Å². The summed E-state index contributed by atoms with van der Waals surface area (Å²) >= 11 is 0. The average Bonchev–Trinajstić information content (AvgIpc) is 3.42. The zero-order valence-corrected chi connectivity index (χ0v) is 22.2. The third-order valence-corrected chi connectivity index (χ3v) is 7.72. The molecule has 0 spiro atoms. The molecule has 0 saturated heterocycles. The highest BCUT2D eigenvalue weighted by molar-refractivity contribution is 6.24. The number of nitrogens with zero attached hydrogens (tertiary/aromatic N) is 2. The lowest BCUT2D eigenvalue weighted by atomic mass is 9.96. The van der Waals surface area contributed by atoms with Crippen molar-refractivity contribution < 1.29 is 4.42 Å². The molecular formula is C37H25N3O. The van der Waals surface area contributed by atoms with E-state index in [-0.39, 0.29) is 6.17 Å². The minimum Gasteiger partial charge on any atom is -0.455 e. The Morgan fingerprint density at radius 3 is 1.93 bits per heavy atom. The number of nitrogens with one attached hydrogen (secondary N) is 1. The molecular weight excluding hydrogens is 502 g/mol. The van der Waals surface area contributed by atoms with Crippen LogP contribution in [0, 0.1) is 0 Å². The molecule has 1 aromatic heterocycles. The standard InChI is InChI=1S/C37H25N3O/c1-4-12-24(13-5-1)29-20-21-30(33-31-22-27-18-10-11-19-28(27)23-32(31)41-34(29)33)37-39-35(25-14-6-2-7-15-25)38-36(40-37)26-16-8-3-9-17-26/h1-23,35H,(H,38,39,40). The van der Waals surface area contributed by atoms with E-state index >= 15 is 0 Å². The lowest BCUT2D eigenvalue weighted by Crippen LogP contribution is -2.33. The molecule has 1 aliphatic heterocycles. The predicted octanol–water partition coefficient (Wildman–Crippen LogP) is 8.90. The summed E-state index contributed by atoms with van der Waals surface area (Å²) in [5.74, 6) is 1.47. The Labute approximate surface area is 237 Å². The lowest BCUT2D eigenvalue weighted by Gasteiger charge is -2.24. The van der Waals surface area contributed by atoms with Gasteiger partial charge < -0.3 is 9.73 Å². The highest BCUT2D eigenvalue weighted by atomic mass is 16.3. The first-order valence-corrected chi connectivity index (χ1v) is 13.8. The topological polar surface area (TPSA) is 49.9 Å². The van der Waals surface area contributed by atoms with E-state index in [0.717, 1.165) is 61.0 Å². The van der Waals surface area contributed by atoms with Gasteiger partial charge in [-0.15, -0.1) is 0 Å². The maximum absolute atomic E-state index is 6.69. The van der Waals surface area contributed by atoms with Gasteiger partial charge in [-0.05, 0) is 46.2 Å². The van der Waals surface area contributed by atoms with E-state index in [9.17, 15) is 0 Å². The molecule has 0 fully saturated rings. The second kappa shape index (κ2) is 9.61. The van der Waals surface area contributed by atoms with Crippen LogP contribution < -0.4 is 5.32 Å². The number of rotatable bonds is 4. The molecule has 7 aromatic rings. The maximum Gasteiger partial charge on any atom is 0.159 e. The molecule has 194 valence electrons. The Kier molecular flexibility index (Phi) is 5.49. The van der Waals surface area contributed by atoms with Gasteiger partial charge in [-0.2, -0.15) is 0 Å². The summed E-state index contributed by atoms with van der Waals surface area (Å²) in [7, 11) is 0. The van der Waals surface area contributed by atoms with Crippen LogP contribution in [0.2, 0.25) is 0 Å². The second-order valence-corrected chi connectivity index (χ2v) is 10.3. The Bertz CT molecular complexity index is 2110. The summed E-state index contributed by atoms with van der Waals surface area (Å²) < 4.78 is 6.69. The highest BCUT2D eigenvalue weighted by Gasteiger charge is 2.25. The highest BCUT2D eigenvalue weighted by Crippen LogP contribution is 2.40. The van der Waals surface area contributed by atoms with Gasteiger partial charge in [0.15, 0.2) is 5.84 Å². The maximum atomic E-state index is 6.69. The van der Waals surface area contributed by atoms with E-state index in [1.165, 1.54) is 5.39 Å². The number of amidine groups is 2. The van der Waals surface area contributed by atoms with Gasteiger partial charge in [0.2, 0.25) is 0 Å². The predicted molar refractivity (Wildman–Crippen MR) is 168 cm³/mol. The third kappa shape index (κ3) is 4.09. The van der Waals surface area contributed by atoms with Crippen LogP contribution in [0.1, 0.15) is 22.9 Å². The normalized spacial score (nSPS) is 15.1. The quantitative estimate of drug-likeness (QED) is 0.248. The second-order valence-electron chi connectivity index (χ2n) is 10.3. The first-order chi connectivity index (χ1) is 20.3. The van der Waals surface area contributed by atoms with Crippen LogP contribution in [0.15, 0.2) is 154 Å². The Balaban J connectivity index is 1.40. The van der Waals surface area contributed by atoms with Gasteiger partial charge in [0.05, 0.1) is 0 Å². The van der Waals surface area contributed by atoms with Crippen LogP contribution in [0.3, 0.4) is 0 Å². The molecule has 0 amide bonds. The minimum absolute atomic E-state index is 0.276. The Morgan fingerprint density at radius 2 is 1.20 bits per heavy atom. The van der Waals surface area contributed by atoms with Crippen molar-refractivity contribution >= 4 is 44.4 Å². The van der Waals surface area contributed by atoms with E-state index in [0.29, 0.717) is 5.84 Å². The van der Waals surface area contributed by atoms with E-state index in [2.05, 4.69) is 102 Å². The smallest absolute Gasteiger partial charge is 0.159 e. The van der Waals surface area contributed by atoms with Crippen molar-refractivity contribution in [3.8, 4) is 11.1 Å². The molecule has 0 saturated carbocycles. The van der Waals surface area contributed by atoms with Gasteiger partial charge in [0.25, 0.3) is 0 Å². The molecule has 4 nitrogen and oxygen atoms in total. The molecule has 41 heavy (non-hydrogen) atoms. The zero-order valence-electron chi connectivity index (χ0n) is 22.2. The van der Waals surface area contributed by atoms with Crippen molar-refractivity contribution in [1.82, 2.24) is 5.32 Å². The molecule has 0 aliphatic carbocycles. The Hall–Kier alpha value is -5.48. The van der Waals surface area contributed by atoms with Gasteiger partial charge in [-0.1, -0.05) is 115 Å². The minimum atomic E-state index is -0.276. The first kappa shape index (κ1) is 23.4. The van der Waals surface area contributed by atoms with Crippen molar-refractivity contribution in [2.45, 2.75) is 6.17 Å². The van der Waals surface area contributed by atoms with E-state index in [1.807, 2.05) is 42.5 Å². The molecule has 8 rings (SSSR count). The monoisotopic (exact) mass is 527 g/mol. The number of aliphatic imine (C=N–C) groups is 2. The van der Waals surface area contributed by atoms with Gasteiger partial charge in [-0.3, -0.25) is 0 Å². The molecule has 1 atom stereocenters. The number of benzene rings is 6. The number of hydrogen-bond donors (Lipinski definition) is 1. The van der Waals surface area contributed by atoms with Crippen LogP contribution in [-0.4, -0.2) is 11.7 Å². The van der Waals surface area contributed by atoms with Gasteiger partial charge in [-0.25, -0.2) is 9.98 Å². The summed E-state index contributed by atoms with van der Waals surface area (Å²) in [5.41, 5.74) is 6.91. The van der Waals surface area contributed by atoms with Crippen LogP contribution in [0.5, 0.6) is 0 Å². The van der Waals surface area contributed by atoms with Gasteiger partial charge in [0.1, 0.15) is 23.2 Å². The van der Waals surface area contributed by atoms with E-state index < -0.39 is 0 Å². The van der Waals surface area contributed by atoms with Crippen molar-refractivity contribution in [2.75, 3.05) is 0 Å².